The van der Waals surface area contributed by atoms with Crippen LogP contribution in [0.25, 0.3) is 0 Å². The normalized spacial score (nSPS) is 17.9. The van der Waals surface area contributed by atoms with Gasteiger partial charge < -0.3 is 10.4 Å². The SMILES string of the molecule is CC(O)CCN(C)CC(=O)NCC1CC1. The zero-order chi connectivity index (χ0) is 11.3. The number of carbonyl (C=O) groups excluding carboxylic acids is 1. The van der Waals surface area contributed by atoms with Crippen LogP contribution >= 0.6 is 0 Å². The first-order valence-electron chi connectivity index (χ1n) is 5.71. The Kier molecular flexibility index (Phi) is 5.05. The van der Waals surface area contributed by atoms with Crippen LogP contribution in [0.2, 0.25) is 0 Å². The Labute approximate surface area is 91.6 Å². The van der Waals surface area contributed by atoms with Gasteiger partial charge in [-0.1, -0.05) is 0 Å². The largest absolute Gasteiger partial charge is 0.393 e. The molecule has 1 amide bonds. The molecule has 0 spiro atoms. The van der Waals surface area contributed by atoms with Gasteiger partial charge in [-0.15, -0.1) is 0 Å². The second-order valence-corrected chi connectivity index (χ2v) is 4.62. The number of likely N-dealkylation sites (N-methyl/N-ethyl adjacent to an activating group) is 1. The smallest absolute Gasteiger partial charge is 0.234 e. The standard InChI is InChI=1S/C11H22N2O2/c1-9(14)5-6-13(2)8-11(15)12-7-10-3-4-10/h9-10,14H,3-8H2,1-2H3,(H,12,15). The lowest BCUT2D eigenvalue weighted by molar-refractivity contribution is -0.122. The number of aliphatic hydroxyl groups excluding tert-OH is 1. The van der Waals surface area contributed by atoms with Crippen molar-refractivity contribution >= 4 is 5.91 Å². The first-order valence-corrected chi connectivity index (χ1v) is 5.71. The molecule has 1 rings (SSSR count). The number of amides is 1. The summed E-state index contributed by atoms with van der Waals surface area (Å²) in [5, 5.41) is 12.0. The van der Waals surface area contributed by atoms with Gasteiger partial charge in [0.2, 0.25) is 5.91 Å². The third-order valence-electron chi connectivity index (χ3n) is 2.63. The maximum Gasteiger partial charge on any atom is 0.234 e. The Morgan fingerprint density at radius 1 is 1.60 bits per heavy atom. The van der Waals surface area contributed by atoms with Crippen LogP contribution in [0.3, 0.4) is 0 Å². The molecular formula is C11H22N2O2. The summed E-state index contributed by atoms with van der Waals surface area (Å²) in [5.41, 5.74) is 0. The van der Waals surface area contributed by atoms with Crippen LogP contribution in [0, 0.1) is 5.92 Å². The molecular weight excluding hydrogens is 192 g/mol. The summed E-state index contributed by atoms with van der Waals surface area (Å²) in [7, 11) is 1.90. The third kappa shape index (κ3) is 6.47. The zero-order valence-corrected chi connectivity index (χ0v) is 9.70. The fourth-order valence-electron chi connectivity index (χ4n) is 1.37. The van der Waals surface area contributed by atoms with Crippen LogP contribution in [0.5, 0.6) is 0 Å². The number of rotatable bonds is 7. The van der Waals surface area contributed by atoms with Crippen molar-refractivity contribution in [3.05, 3.63) is 0 Å². The highest BCUT2D eigenvalue weighted by atomic mass is 16.3. The highest BCUT2D eigenvalue weighted by molar-refractivity contribution is 5.77. The second kappa shape index (κ2) is 6.08. The summed E-state index contributed by atoms with van der Waals surface area (Å²) in [6.07, 6.45) is 2.95. The van der Waals surface area contributed by atoms with Gasteiger partial charge in [0, 0.05) is 13.1 Å². The first-order chi connectivity index (χ1) is 7.08. The summed E-state index contributed by atoms with van der Waals surface area (Å²) in [6.45, 7) is 3.79. The van der Waals surface area contributed by atoms with Crippen LogP contribution < -0.4 is 5.32 Å². The molecule has 88 valence electrons. The van der Waals surface area contributed by atoms with Gasteiger partial charge in [-0.2, -0.15) is 0 Å². The van der Waals surface area contributed by atoms with E-state index in [0.29, 0.717) is 13.0 Å². The summed E-state index contributed by atoms with van der Waals surface area (Å²) >= 11 is 0. The number of hydrogen-bond acceptors (Lipinski definition) is 3. The molecule has 1 aliphatic carbocycles. The zero-order valence-electron chi connectivity index (χ0n) is 9.70. The molecule has 4 nitrogen and oxygen atoms in total. The van der Waals surface area contributed by atoms with E-state index in [4.69, 9.17) is 5.11 Å². The number of hydrogen-bond donors (Lipinski definition) is 2. The van der Waals surface area contributed by atoms with Crippen LogP contribution in [0.1, 0.15) is 26.2 Å². The molecule has 4 heteroatoms. The van der Waals surface area contributed by atoms with Crippen LogP contribution in [0.4, 0.5) is 0 Å². The Morgan fingerprint density at radius 2 is 2.27 bits per heavy atom. The molecule has 2 N–H and O–H groups in total. The number of nitrogens with one attached hydrogen (secondary N) is 1. The molecule has 0 saturated heterocycles. The lowest BCUT2D eigenvalue weighted by Gasteiger charge is -2.16. The third-order valence-corrected chi connectivity index (χ3v) is 2.63. The minimum Gasteiger partial charge on any atom is -0.393 e. The lowest BCUT2D eigenvalue weighted by atomic mass is 10.3. The molecule has 1 fully saturated rings. The molecule has 1 aliphatic rings. The number of aliphatic hydroxyl groups is 1. The van der Waals surface area contributed by atoms with E-state index in [-0.39, 0.29) is 12.0 Å². The van der Waals surface area contributed by atoms with E-state index >= 15 is 0 Å². The average molecular weight is 214 g/mol. The van der Waals surface area contributed by atoms with Crippen molar-refractivity contribution in [2.45, 2.75) is 32.3 Å². The van der Waals surface area contributed by atoms with Gasteiger partial charge in [-0.05, 0) is 39.2 Å². The van der Waals surface area contributed by atoms with Gasteiger partial charge in [-0.3, -0.25) is 9.69 Å². The van der Waals surface area contributed by atoms with Gasteiger partial charge >= 0.3 is 0 Å². The van der Waals surface area contributed by atoms with E-state index in [1.807, 2.05) is 11.9 Å². The predicted molar refractivity (Wildman–Crippen MR) is 59.5 cm³/mol. The van der Waals surface area contributed by atoms with Crippen LogP contribution in [0.15, 0.2) is 0 Å². The maximum atomic E-state index is 11.4. The molecule has 0 bridgehead atoms. The van der Waals surface area contributed by atoms with Crippen molar-refractivity contribution in [2.24, 2.45) is 5.92 Å². The molecule has 0 aromatic rings. The Balaban J connectivity index is 2.01. The molecule has 0 aromatic heterocycles. The van der Waals surface area contributed by atoms with Crippen molar-refractivity contribution in [1.29, 1.82) is 0 Å². The topological polar surface area (TPSA) is 52.6 Å². The predicted octanol–water partition coefficient (Wildman–Crippen LogP) is 0.215. The fraction of sp³-hybridized carbons (Fsp3) is 0.909. The minimum atomic E-state index is -0.290. The Bertz CT molecular complexity index is 203. The highest BCUT2D eigenvalue weighted by Gasteiger charge is 2.21. The summed E-state index contributed by atoms with van der Waals surface area (Å²) in [6, 6.07) is 0. The summed E-state index contributed by atoms with van der Waals surface area (Å²) in [5.74, 6) is 0.826. The molecule has 1 unspecified atom stereocenters. The van der Waals surface area contributed by atoms with Gasteiger partial charge in [0.25, 0.3) is 0 Å². The van der Waals surface area contributed by atoms with Crippen molar-refractivity contribution in [3.8, 4) is 0 Å². The van der Waals surface area contributed by atoms with Gasteiger partial charge in [0.05, 0.1) is 12.6 Å². The first kappa shape index (κ1) is 12.5. The number of nitrogens with zero attached hydrogens (tertiary/aromatic N) is 1. The minimum absolute atomic E-state index is 0.0926. The van der Waals surface area contributed by atoms with E-state index in [9.17, 15) is 4.79 Å². The quantitative estimate of drug-likeness (QED) is 0.637. The lowest BCUT2D eigenvalue weighted by Crippen LogP contribution is -2.37. The fourth-order valence-corrected chi connectivity index (χ4v) is 1.37. The summed E-state index contributed by atoms with van der Waals surface area (Å²) < 4.78 is 0. The Morgan fingerprint density at radius 3 is 2.80 bits per heavy atom. The molecule has 1 atom stereocenters. The highest BCUT2D eigenvalue weighted by Crippen LogP contribution is 2.27. The number of carbonyl (C=O) groups is 1. The van der Waals surface area contributed by atoms with Gasteiger partial charge in [0.1, 0.15) is 0 Å². The Hall–Kier alpha value is -0.610. The average Bonchev–Trinajstić information content (AvgIpc) is 2.95. The van der Waals surface area contributed by atoms with E-state index < -0.39 is 0 Å². The van der Waals surface area contributed by atoms with Crippen LogP contribution in [-0.4, -0.2) is 48.7 Å². The van der Waals surface area contributed by atoms with Crippen molar-refractivity contribution in [1.82, 2.24) is 10.2 Å². The van der Waals surface area contributed by atoms with E-state index in [0.717, 1.165) is 19.0 Å². The van der Waals surface area contributed by atoms with Crippen molar-refractivity contribution in [3.63, 3.8) is 0 Å². The monoisotopic (exact) mass is 214 g/mol. The summed E-state index contributed by atoms with van der Waals surface area (Å²) in [4.78, 5) is 13.4. The van der Waals surface area contributed by atoms with Crippen molar-refractivity contribution in [2.75, 3.05) is 26.7 Å². The van der Waals surface area contributed by atoms with E-state index in [1.54, 1.807) is 6.92 Å². The van der Waals surface area contributed by atoms with Gasteiger partial charge in [-0.25, -0.2) is 0 Å². The molecule has 0 aromatic carbocycles. The second-order valence-electron chi connectivity index (χ2n) is 4.62. The van der Waals surface area contributed by atoms with Crippen LogP contribution in [-0.2, 0) is 4.79 Å². The van der Waals surface area contributed by atoms with E-state index in [1.165, 1.54) is 12.8 Å². The maximum absolute atomic E-state index is 11.4. The molecule has 15 heavy (non-hydrogen) atoms. The molecule has 0 radical (unpaired) electrons. The van der Waals surface area contributed by atoms with Crippen molar-refractivity contribution < 1.29 is 9.90 Å². The van der Waals surface area contributed by atoms with E-state index in [2.05, 4.69) is 5.32 Å². The molecule has 0 heterocycles. The molecule has 0 aliphatic heterocycles. The van der Waals surface area contributed by atoms with Gasteiger partial charge in [0.15, 0.2) is 0 Å². The molecule has 1 saturated carbocycles.